The number of nitrogens with zero attached hydrogens (tertiary/aromatic N) is 2. The molecule has 2 heterocycles. The minimum atomic E-state index is -0.0627. The Hall–Kier alpha value is -0.780. The van der Waals surface area contributed by atoms with Crippen LogP contribution in [0.25, 0.3) is 0 Å². The lowest BCUT2D eigenvalue weighted by molar-refractivity contribution is 0.694. The van der Waals surface area contributed by atoms with Crippen LogP contribution in [-0.4, -0.2) is 9.97 Å². The van der Waals surface area contributed by atoms with Crippen LogP contribution in [0.15, 0.2) is 28.2 Å². The van der Waals surface area contributed by atoms with Gasteiger partial charge in [-0.25, -0.2) is 9.97 Å². The molecule has 0 aromatic carbocycles. The summed E-state index contributed by atoms with van der Waals surface area (Å²) >= 11 is 5.14. The molecule has 2 rings (SSSR count). The first-order valence-corrected chi connectivity index (χ1v) is 6.60. The van der Waals surface area contributed by atoms with Crippen LogP contribution in [0.5, 0.6) is 0 Å². The Bertz CT molecular complexity index is 484. The highest BCUT2D eigenvalue weighted by Crippen LogP contribution is 2.23. The summed E-state index contributed by atoms with van der Waals surface area (Å²) in [5.41, 5.74) is 7.01. The van der Waals surface area contributed by atoms with Crippen LogP contribution in [0, 0.1) is 6.92 Å². The molecule has 0 radical (unpaired) electrons. The Morgan fingerprint density at radius 3 is 3.00 bits per heavy atom. The van der Waals surface area contributed by atoms with Crippen molar-refractivity contribution < 1.29 is 0 Å². The fourth-order valence-electron chi connectivity index (χ4n) is 1.46. The van der Waals surface area contributed by atoms with Crippen LogP contribution in [-0.2, 0) is 6.42 Å². The van der Waals surface area contributed by atoms with E-state index in [1.807, 2.05) is 13.0 Å². The number of halogens is 1. The van der Waals surface area contributed by atoms with Crippen molar-refractivity contribution in [3.8, 4) is 0 Å². The van der Waals surface area contributed by atoms with E-state index in [-0.39, 0.29) is 6.04 Å². The van der Waals surface area contributed by atoms with E-state index in [1.54, 1.807) is 17.5 Å². The normalized spacial score (nSPS) is 12.7. The SMILES string of the molecule is Cc1nccc(C(N)Cc2cc(Br)cs2)n1. The second-order valence-corrected chi connectivity index (χ2v) is 5.48. The van der Waals surface area contributed by atoms with Gasteiger partial charge in [0.2, 0.25) is 0 Å². The number of hydrogen-bond donors (Lipinski definition) is 1. The van der Waals surface area contributed by atoms with Gasteiger partial charge < -0.3 is 5.73 Å². The number of hydrogen-bond acceptors (Lipinski definition) is 4. The van der Waals surface area contributed by atoms with Crippen LogP contribution in [0.1, 0.15) is 22.4 Å². The van der Waals surface area contributed by atoms with Gasteiger partial charge in [-0.2, -0.15) is 0 Å². The van der Waals surface area contributed by atoms with Crippen LogP contribution < -0.4 is 5.73 Å². The molecule has 16 heavy (non-hydrogen) atoms. The molecule has 0 aliphatic carbocycles. The summed E-state index contributed by atoms with van der Waals surface area (Å²) in [4.78, 5) is 9.65. The largest absolute Gasteiger partial charge is 0.322 e. The van der Waals surface area contributed by atoms with Gasteiger partial charge in [0.15, 0.2) is 0 Å². The van der Waals surface area contributed by atoms with Gasteiger partial charge >= 0.3 is 0 Å². The van der Waals surface area contributed by atoms with Gasteiger partial charge in [0.25, 0.3) is 0 Å². The summed E-state index contributed by atoms with van der Waals surface area (Å²) in [5.74, 6) is 0.764. The molecule has 1 unspecified atom stereocenters. The zero-order valence-corrected chi connectivity index (χ0v) is 11.3. The molecule has 0 aliphatic heterocycles. The Kier molecular flexibility index (Phi) is 3.68. The van der Waals surface area contributed by atoms with Crippen LogP contribution in [0.2, 0.25) is 0 Å². The first-order valence-electron chi connectivity index (χ1n) is 4.93. The van der Waals surface area contributed by atoms with Gasteiger partial charge in [-0.3, -0.25) is 0 Å². The predicted octanol–water partition coefficient (Wildman–Crippen LogP) is 2.85. The van der Waals surface area contributed by atoms with Gasteiger partial charge in [0.1, 0.15) is 5.82 Å². The summed E-state index contributed by atoms with van der Waals surface area (Å²) in [6, 6.07) is 3.91. The second kappa shape index (κ2) is 5.03. The Labute approximate surface area is 107 Å². The smallest absolute Gasteiger partial charge is 0.125 e. The molecule has 2 N–H and O–H groups in total. The topological polar surface area (TPSA) is 51.8 Å². The highest BCUT2D eigenvalue weighted by atomic mass is 79.9. The number of thiophene rings is 1. The third kappa shape index (κ3) is 2.87. The first kappa shape index (κ1) is 11.7. The summed E-state index contributed by atoms with van der Waals surface area (Å²) < 4.78 is 1.11. The monoisotopic (exact) mass is 297 g/mol. The van der Waals surface area contributed by atoms with E-state index in [4.69, 9.17) is 5.73 Å². The molecule has 0 bridgehead atoms. The summed E-state index contributed by atoms with van der Waals surface area (Å²) in [6.07, 6.45) is 2.56. The van der Waals surface area contributed by atoms with Crippen molar-refractivity contribution in [1.29, 1.82) is 0 Å². The van der Waals surface area contributed by atoms with Gasteiger partial charge in [-0.05, 0) is 35.0 Å². The average molecular weight is 298 g/mol. The second-order valence-electron chi connectivity index (χ2n) is 3.57. The van der Waals surface area contributed by atoms with E-state index in [9.17, 15) is 0 Å². The Morgan fingerprint density at radius 1 is 1.56 bits per heavy atom. The number of nitrogens with two attached hydrogens (primary N) is 1. The molecular formula is C11H12BrN3S. The van der Waals surface area contributed by atoms with Crippen molar-refractivity contribution >= 4 is 27.3 Å². The standard InChI is InChI=1S/C11H12BrN3S/c1-7-14-3-2-11(15-7)10(13)5-9-4-8(12)6-16-9/h2-4,6,10H,5,13H2,1H3. The molecule has 0 saturated carbocycles. The molecule has 0 fully saturated rings. The lowest BCUT2D eigenvalue weighted by Gasteiger charge is -2.09. The van der Waals surface area contributed by atoms with Crippen LogP contribution in [0.4, 0.5) is 0 Å². The molecule has 5 heteroatoms. The molecule has 0 saturated heterocycles. The first-order chi connectivity index (χ1) is 7.65. The van der Waals surface area contributed by atoms with E-state index < -0.39 is 0 Å². The Balaban J connectivity index is 2.11. The lowest BCUT2D eigenvalue weighted by Crippen LogP contribution is -2.15. The highest BCUT2D eigenvalue weighted by Gasteiger charge is 2.10. The molecule has 84 valence electrons. The van der Waals surface area contributed by atoms with Crippen molar-refractivity contribution in [2.45, 2.75) is 19.4 Å². The van der Waals surface area contributed by atoms with Gasteiger partial charge in [-0.15, -0.1) is 11.3 Å². The Morgan fingerprint density at radius 2 is 2.38 bits per heavy atom. The van der Waals surface area contributed by atoms with E-state index in [0.29, 0.717) is 0 Å². The molecule has 2 aromatic rings. The quantitative estimate of drug-likeness (QED) is 0.948. The van der Waals surface area contributed by atoms with E-state index in [2.05, 4.69) is 37.3 Å². The van der Waals surface area contributed by atoms with Crippen molar-refractivity contribution in [2.24, 2.45) is 5.73 Å². The minimum Gasteiger partial charge on any atom is -0.322 e. The van der Waals surface area contributed by atoms with Crippen LogP contribution >= 0.6 is 27.3 Å². The number of rotatable bonds is 3. The van der Waals surface area contributed by atoms with Gasteiger partial charge in [-0.1, -0.05) is 0 Å². The maximum absolute atomic E-state index is 6.11. The molecule has 3 nitrogen and oxygen atoms in total. The van der Waals surface area contributed by atoms with Crippen molar-refractivity contribution in [1.82, 2.24) is 9.97 Å². The zero-order valence-electron chi connectivity index (χ0n) is 8.85. The number of aromatic nitrogens is 2. The van der Waals surface area contributed by atoms with Gasteiger partial charge in [0.05, 0.1) is 11.7 Å². The molecule has 2 aromatic heterocycles. The third-order valence-corrected chi connectivity index (χ3v) is 3.94. The fraction of sp³-hybridized carbons (Fsp3) is 0.273. The molecule has 0 aliphatic rings. The molecular weight excluding hydrogens is 286 g/mol. The summed E-state index contributed by atoms with van der Waals surface area (Å²) in [5, 5.41) is 2.06. The predicted molar refractivity (Wildman–Crippen MR) is 69.4 cm³/mol. The summed E-state index contributed by atoms with van der Waals surface area (Å²) in [7, 11) is 0. The van der Waals surface area contributed by atoms with Crippen molar-refractivity contribution in [3.63, 3.8) is 0 Å². The molecule has 0 spiro atoms. The minimum absolute atomic E-state index is 0.0627. The number of aryl methyl sites for hydroxylation is 1. The van der Waals surface area contributed by atoms with E-state index in [1.165, 1.54) is 4.88 Å². The fourth-order valence-corrected chi connectivity index (χ4v) is 2.97. The zero-order chi connectivity index (χ0) is 11.5. The lowest BCUT2D eigenvalue weighted by atomic mass is 10.1. The molecule has 1 atom stereocenters. The maximum atomic E-state index is 6.11. The van der Waals surface area contributed by atoms with Gasteiger partial charge in [0, 0.05) is 27.3 Å². The maximum Gasteiger partial charge on any atom is 0.125 e. The third-order valence-electron chi connectivity index (χ3n) is 2.22. The highest BCUT2D eigenvalue weighted by molar-refractivity contribution is 9.10. The van der Waals surface area contributed by atoms with Crippen molar-refractivity contribution in [2.75, 3.05) is 0 Å². The summed E-state index contributed by atoms with van der Waals surface area (Å²) in [6.45, 7) is 1.87. The van der Waals surface area contributed by atoms with Crippen LogP contribution in [0.3, 0.4) is 0 Å². The van der Waals surface area contributed by atoms with E-state index in [0.717, 1.165) is 22.4 Å². The van der Waals surface area contributed by atoms with Crippen molar-refractivity contribution in [3.05, 3.63) is 44.6 Å². The average Bonchev–Trinajstić information content (AvgIpc) is 2.64. The molecule has 0 amide bonds. The van der Waals surface area contributed by atoms with E-state index >= 15 is 0 Å².